The van der Waals surface area contributed by atoms with E-state index in [1.807, 2.05) is 0 Å². The summed E-state index contributed by atoms with van der Waals surface area (Å²) in [5, 5.41) is 4.63. The van der Waals surface area contributed by atoms with E-state index >= 15 is 0 Å². The van der Waals surface area contributed by atoms with Gasteiger partial charge in [-0.25, -0.2) is 0 Å². The van der Waals surface area contributed by atoms with Gasteiger partial charge in [-0.1, -0.05) is 20.3 Å². The Bertz CT molecular complexity index is 331. The SMILES string of the molecule is CCCC(CS)Cn1nc(C)c(CC)c1C. The fourth-order valence-corrected chi connectivity index (χ4v) is 2.61. The van der Waals surface area contributed by atoms with E-state index in [4.69, 9.17) is 0 Å². The molecular weight excluding hydrogens is 216 g/mol. The van der Waals surface area contributed by atoms with E-state index in [1.165, 1.54) is 29.8 Å². The van der Waals surface area contributed by atoms with Crippen LogP contribution < -0.4 is 0 Å². The second kappa shape index (κ2) is 6.33. The quantitative estimate of drug-likeness (QED) is 0.754. The molecule has 0 amide bonds. The molecule has 0 aliphatic rings. The minimum absolute atomic E-state index is 0.649. The highest BCUT2D eigenvalue weighted by Crippen LogP contribution is 2.17. The molecule has 0 bridgehead atoms. The lowest BCUT2D eigenvalue weighted by molar-refractivity contribution is 0.420. The van der Waals surface area contributed by atoms with E-state index in [1.54, 1.807) is 0 Å². The Morgan fingerprint density at radius 1 is 1.31 bits per heavy atom. The van der Waals surface area contributed by atoms with Crippen molar-refractivity contribution in [3.05, 3.63) is 17.0 Å². The molecule has 1 aromatic rings. The number of thiol groups is 1. The molecule has 1 heterocycles. The first-order valence-corrected chi connectivity index (χ1v) is 6.90. The molecule has 0 saturated heterocycles. The average molecular weight is 240 g/mol. The molecule has 16 heavy (non-hydrogen) atoms. The summed E-state index contributed by atoms with van der Waals surface area (Å²) in [7, 11) is 0. The largest absolute Gasteiger partial charge is 0.269 e. The second-order valence-corrected chi connectivity index (χ2v) is 4.89. The summed E-state index contributed by atoms with van der Waals surface area (Å²) in [5.41, 5.74) is 3.94. The Morgan fingerprint density at radius 2 is 2.00 bits per heavy atom. The van der Waals surface area contributed by atoms with Gasteiger partial charge in [0, 0.05) is 12.2 Å². The first kappa shape index (κ1) is 13.6. The number of nitrogens with zero attached hydrogens (tertiary/aromatic N) is 2. The lowest BCUT2D eigenvalue weighted by atomic mass is 10.1. The van der Waals surface area contributed by atoms with Crippen LogP contribution in [0.5, 0.6) is 0 Å². The number of hydrogen-bond donors (Lipinski definition) is 1. The smallest absolute Gasteiger partial charge is 0.0628 e. The molecule has 1 unspecified atom stereocenters. The maximum Gasteiger partial charge on any atom is 0.0628 e. The van der Waals surface area contributed by atoms with Gasteiger partial charge >= 0.3 is 0 Å². The summed E-state index contributed by atoms with van der Waals surface area (Å²) in [5.74, 6) is 1.60. The van der Waals surface area contributed by atoms with Crippen LogP contribution in [0.1, 0.15) is 43.6 Å². The monoisotopic (exact) mass is 240 g/mol. The molecule has 0 saturated carbocycles. The molecule has 0 aliphatic carbocycles. The molecule has 0 aromatic carbocycles. The topological polar surface area (TPSA) is 17.8 Å². The van der Waals surface area contributed by atoms with Crippen LogP contribution in [0, 0.1) is 19.8 Å². The molecule has 3 heteroatoms. The van der Waals surface area contributed by atoms with Crippen molar-refractivity contribution >= 4 is 12.6 Å². The average Bonchev–Trinajstić information content (AvgIpc) is 2.53. The summed E-state index contributed by atoms with van der Waals surface area (Å²) >= 11 is 4.43. The van der Waals surface area contributed by atoms with Crippen LogP contribution in [0.4, 0.5) is 0 Å². The van der Waals surface area contributed by atoms with E-state index < -0.39 is 0 Å². The molecule has 0 N–H and O–H groups in total. The fraction of sp³-hybridized carbons (Fsp3) is 0.769. The van der Waals surface area contributed by atoms with Crippen molar-refractivity contribution in [2.75, 3.05) is 5.75 Å². The highest BCUT2D eigenvalue weighted by molar-refractivity contribution is 7.80. The molecule has 1 aromatic heterocycles. The Balaban J connectivity index is 2.80. The van der Waals surface area contributed by atoms with Crippen LogP contribution in [0.3, 0.4) is 0 Å². The summed E-state index contributed by atoms with van der Waals surface area (Å²) in [4.78, 5) is 0. The summed E-state index contributed by atoms with van der Waals surface area (Å²) in [6.45, 7) is 9.74. The van der Waals surface area contributed by atoms with E-state index in [2.05, 4.69) is 50.1 Å². The van der Waals surface area contributed by atoms with Crippen molar-refractivity contribution in [1.82, 2.24) is 9.78 Å². The summed E-state index contributed by atoms with van der Waals surface area (Å²) in [6.07, 6.45) is 3.55. The van der Waals surface area contributed by atoms with Gasteiger partial charge in [-0.15, -0.1) is 0 Å². The fourth-order valence-electron chi connectivity index (χ4n) is 2.32. The zero-order valence-corrected chi connectivity index (χ0v) is 11.8. The minimum Gasteiger partial charge on any atom is -0.269 e. The van der Waals surface area contributed by atoms with Crippen LogP contribution in [0.25, 0.3) is 0 Å². The number of aromatic nitrogens is 2. The van der Waals surface area contributed by atoms with Crippen LogP contribution in [0.2, 0.25) is 0 Å². The Hall–Kier alpha value is -0.440. The van der Waals surface area contributed by atoms with Gasteiger partial charge in [-0.2, -0.15) is 17.7 Å². The first-order chi connectivity index (χ1) is 7.63. The van der Waals surface area contributed by atoms with E-state index in [9.17, 15) is 0 Å². The molecule has 0 spiro atoms. The third-order valence-corrected chi connectivity index (χ3v) is 3.79. The van der Waals surface area contributed by atoms with Crippen LogP contribution >= 0.6 is 12.6 Å². The third kappa shape index (κ3) is 3.03. The maximum absolute atomic E-state index is 4.63. The molecule has 2 nitrogen and oxygen atoms in total. The van der Waals surface area contributed by atoms with E-state index in [0.717, 1.165) is 18.7 Å². The predicted octanol–water partition coefficient (Wildman–Crippen LogP) is 3.41. The van der Waals surface area contributed by atoms with Gasteiger partial charge in [0.05, 0.1) is 5.69 Å². The number of aryl methyl sites for hydroxylation is 1. The van der Waals surface area contributed by atoms with Gasteiger partial charge in [0.1, 0.15) is 0 Å². The predicted molar refractivity (Wildman–Crippen MR) is 73.3 cm³/mol. The van der Waals surface area contributed by atoms with Crippen LogP contribution in [0.15, 0.2) is 0 Å². The van der Waals surface area contributed by atoms with Crippen molar-refractivity contribution in [3.8, 4) is 0 Å². The molecular formula is C13H24N2S. The lowest BCUT2D eigenvalue weighted by Gasteiger charge is -2.14. The lowest BCUT2D eigenvalue weighted by Crippen LogP contribution is -2.14. The van der Waals surface area contributed by atoms with Crippen molar-refractivity contribution in [2.45, 2.75) is 53.5 Å². The van der Waals surface area contributed by atoms with Crippen molar-refractivity contribution in [3.63, 3.8) is 0 Å². The van der Waals surface area contributed by atoms with Gasteiger partial charge in [0.25, 0.3) is 0 Å². The van der Waals surface area contributed by atoms with Crippen molar-refractivity contribution in [1.29, 1.82) is 0 Å². The third-order valence-electron chi connectivity index (χ3n) is 3.27. The Kier molecular flexibility index (Phi) is 5.39. The van der Waals surface area contributed by atoms with E-state index in [-0.39, 0.29) is 0 Å². The van der Waals surface area contributed by atoms with Gasteiger partial charge in [0.15, 0.2) is 0 Å². The number of hydrogen-bond acceptors (Lipinski definition) is 2. The molecule has 1 atom stereocenters. The summed E-state index contributed by atoms with van der Waals surface area (Å²) in [6, 6.07) is 0. The van der Waals surface area contributed by atoms with E-state index in [0.29, 0.717) is 5.92 Å². The van der Waals surface area contributed by atoms with Gasteiger partial charge in [0.2, 0.25) is 0 Å². The minimum atomic E-state index is 0.649. The second-order valence-electron chi connectivity index (χ2n) is 4.52. The Morgan fingerprint density at radius 3 is 2.44 bits per heavy atom. The standard InChI is InChI=1S/C13H24N2S/c1-5-7-12(9-16)8-15-11(4)13(6-2)10(3)14-15/h12,16H,5-9H2,1-4H3. The first-order valence-electron chi connectivity index (χ1n) is 6.27. The van der Waals surface area contributed by atoms with Crippen LogP contribution in [-0.4, -0.2) is 15.5 Å². The highest BCUT2D eigenvalue weighted by Gasteiger charge is 2.13. The Labute approximate surface area is 105 Å². The van der Waals surface area contributed by atoms with Crippen LogP contribution in [-0.2, 0) is 13.0 Å². The molecule has 1 rings (SSSR count). The maximum atomic E-state index is 4.63. The zero-order chi connectivity index (χ0) is 12.1. The number of rotatable bonds is 6. The van der Waals surface area contributed by atoms with Gasteiger partial charge in [-0.05, 0) is 43.9 Å². The van der Waals surface area contributed by atoms with Crippen molar-refractivity contribution in [2.24, 2.45) is 5.92 Å². The molecule has 92 valence electrons. The highest BCUT2D eigenvalue weighted by atomic mass is 32.1. The molecule has 0 aliphatic heterocycles. The van der Waals surface area contributed by atoms with Gasteiger partial charge in [-0.3, -0.25) is 4.68 Å². The normalized spacial score (nSPS) is 13.1. The van der Waals surface area contributed by atoms with Crippen molar-refractivity contribution < 1.29 is 0 Å². The molecule has 0 radical (unpaired) electrons. The molecule has 0 fully saturated rings. The van der Waals surface area contributed by atoms with Gasteiger partial charge < -0.3 is 0 Å². The summed E-state index contributed by atoms with van der Waals surface area (Å²) < 4.78 is 2.17. The zero-order valence-electron chi connectivity index (χ0n) is 11.0.